The lowest BCUT2D eigenvalue weighted by molar-refractivity contribution is -0.118. The number of aryl methyl sites for hydroxylation is 1. The average molecular weight is 312 g/mol. The predicted octanol–water partition coefficient (Wildman–Crippen LogP) is 2.76. The number of benzene rings is 2. The second-order valence-electron chi connectivity index (χ2n) is 5.04. The number of para-hydroxylation sites is 1. The standard InChI is InChI=1S/C18H20N2O3/c1-3-19-18(22)14-8-6-9-15(11-14)20-17(21)12-23-16-10-5-4-7-13(16)2/h4-11H,3,12H2,1-2H3,(H,19,22)(H,20,21). The van der Waals surface area contributed by atoms with Gasteiger partial charge in [0.25, 0.3) is 11.8 Å². The molecular weight excluding hydrogens is 292 g/mol. The Hall–Kier alpha value is -2.82. The van der Waals surface area contributed by atoms with E-state index in [0.717, 1.165) is 5.56 Å². The van der Waals surface area contributed by atoms with Gasteiger partial charge in [-0.1, -0.05) is 24.3 Å². The number of ether oxygens (including phenoxy) is 1. The van der Waals surface area contributed by atoms with Gasteiger partial charge in [-0.15, -0.1) is 0 Å². The van der Waals surface area contributed by atoms with E-state index in [1.165, 1.54) is 0 Å². The molecule has 0 aliphatic carbocycles. The van der Waals surface area contributed by atoms with Gasteiger partial charge in [0, 0.05) is 17.8 Å². The van der Waals surface area contributed by atoms with Crippen LogP contribution in [0.3, 0.4) is 0 Å². The first kappa shape index (κ1) is 16.5. The van der Waals surface area contributed by atoms with Crippen molar-refractivity contribution in [2.75, 3.05) is 18.5 Å². The first-order valence-electron chi connectivity index (χ1n) is 7.46. The maximum atomic E-state index is 12.0. The first-order valence-corrected chi connectivity index (χ1v) is 7.46. The number of hydrogen-bond donors (Lipinski definition) is 2. The minimum atomic E-state index is -0.277. The van der Waals surface area contributed by atoms with E-state index in [1.54, 1.807) is 24.3 Å². The molecule has 0 unspecified atom stereocenters. The van der Waals surface area contributed by atoms with E-state index in [-0.39, 0.29) is 18.4 Å². The summed E-state index contributed by atoms with van der Waals surface area (Å²) in [5.41, 5.74) is 2.04. The summed E-state index contributed by atoms with van der Waals surface area (Å²) in [4.78, 5) is 23.7. The largest absolute Gasteiger partial charge is 0.483 e. The zero-order valence-electron chi connectivity index (χ0n) is 13.3. The Bertz CT molecular complexity index is 698. The minimum absolute atomic E-state index is 0.0871. The normalized spacial score (nSPS) is 10.0. The molecule has 23 heavy (non-hydrogen) atoms. The van der Waals surface area contributed by atoms with Crippen molar-refractivity contribution in [3.8, 4) is 5.75 Å². The molecule has 120 valence electrons. The molecule has 0 heterocycles. The zero-order chi connectivity index (χ0) is 16.7. The van der Waals surface area contributed by atoms with Crippen molar-refractivity contribution in [2.24, 2.45) is 0 Å². The molecule has 2 aromatic carbocycles. The number of carbonyl (C=O) groups excluding carboxylic acids is 2. The average Bonchev–Trinajstić information content (AvgIpc) is 2.54. The van der Waals surface area contributed by atoms with Crippen LogP contribution in [0.4, 0.5) is 5.69 Å². The monoisotopic (exact) mass is 312 g/mol. The van der Waals surface area contributed by atoms with Crippen molar-refractivity contribution in [3.63, 3.8) is 0 Å². The minimum Gasteiger partial charge on any atom is -0.483 e. The van der Waals surface area contributed by atoms with E-state index in [9.17, 15) is 9.59 Å². The third-order valence-corrected chi connectivity index (χ3v) is 3.20. The van der Waals surface area contributed by atoms with Gasteiger partial charge in [0.15, 0.2) is 6.61 Å². The van der Waals surface area contributed by atoms with Gasteiger partial charge >= 0.3 is 0 Å². The summed E-state index contributed by atoms with van der Waals surface area (Å²) >= 11 is 0. The van der Waals surface area contributed by atoms with Gasteiger partial charge in [-0.2, -0.15) is 0 Å². The van der Waals surface area contributed by atoms with Crippen molar-refractivity contribution >= 4 is 17.5 Å². The Morgan fingerprint density at radius 2 is 1.87 bits per heavy atom. The highest BCUT2D eigenvalue weighted by Crippen LogP contribution is 2.16. The van der Waals surface area contributed by atoms with Crippen LogP contribution in [0.1, 0.15) is 22.8 Å². The highest BCUT2D eigenvalue weighted by Gasteiger charge is 2.08. The van der Waals surface area contributed by atoms with E-state index in [1.807, 2.05) is 38.1 Å². The number of hydrogen-bond acceptors (Lipinski definition) is 3. The van der Waals surface area contributed by atoms with Crippen LogP contribution in [0, 0.1) is 6.92 Å². The Morgan fingerprint density at radius 3 is 2.61 bits per heavy atom. The molecule has 2 N–H and O–H groups in total. The highest BCUT2D eigenvalue weighted by molar-refractivity contribution is 5.97. The van der Waals surface area contributed by atoms with Crippen LogP contribution in [-0.2, 0) is 4.79 Å². The van der Waals surface area contributed by atoms with E-state index >= 15 is 0 Å². The number of anilines is 1. The first-order chi connectivity index (χ1) is 11.1. The summed E-state index contributed by atoms with van der Waals surface area (Å²) in [6, 6.07) is 14.3. The van der Waals surface area contributed by atoms with Crippen molar-refractivity contribution in [1.82, 2.24) is 5.32 Å². The predicted molar refractivity (Wildman–Crippen MR) is 89.8 cm³/mol. The number of rotatable bonds is 6. The number of carbonyl (C=O) groups is 2. The van der Waals surface area contributed by atoms with Crippen LogP contribution >= 0.6 is 0 Å². The Morgan fingerprint density at radius 1 is 1.09 bits per heavy atom. The third kappa shape index (κ3) is 4.85. The Labute approximate surface area is 135 Å². The second kappa shape index (κ2) is 7.98. The molecule has 2 aromatic rings. The van der Waals surface area contributed by atoms with Crippen LogP contribution < -0.4 is 15.4 Å². The van der Waals surface area contributed by atoms with Crippen molar-refractivity contribution in [2.45, 2.75) is 13.8 Å². The lowest BCUT2D eigenvalue weighted by Gasteiger charge is -2.10. The molecule has 0 spiro atoms. The van der Waals surface area contributed by atoms with Crippen LogP contribution in [0.25, 0.3) is 0 Å². The Balaban J connectivity index is 1.94. The van der Waals surface area contributed by atoms with Crippen LogP contribution in [0.5, 0.6) is 5.75 Å². The summed E-state index contributed by atoms with van der Waals surface area (Å²) in [7, 11) is 0. The summed E-state index contributed by atoms with van der Waals surface area (Å²) in [5.74, 6) is 0.236. The van der Waals surface area contributed by atoms with Crippen molar-refractivity contribution in [3.05, 3.63) is 59.7 Å². The Kier molecular flexibility index (Phi) is 5.74. The van der Waals surface area contributed by atoms with E-state index in [0.29, 0.717) is 23.5 Å². The fraction of sp³-hybridized carbons (Fsp3) is 0.222. The molecule has 0 bridgehead atoms. The van der Waals surface area contributed by atoms with Gasteiger partial charge < -0.3 is 15.4 Å². The molecule has 2 rings (SSSR count). The fourth-order valence-corrected chi connectivity index (χ4v) is 2.06. The van der Waals surface area contributed by atoms with Gasteiger partial charge in [-0.05, 0) is 43.7 Å². The molecule has 0 fully saturated rings. The highest BCUT2D eigenvalue weighted by atomic mass is 16.5. The number of nitrogens with one attached hydrogen (secondary N) is 2. The SMILES string of the molecule is CCNC(=O)c1cccc(NC(=O)COc2ccccc2C)c1. The van der Waals surface area contributed by atoms with Gasteiger partial charge in [0.2, 0.25) is 0 Å². The maximum absolute atomic E-state index is 12.0. The van der Waals surface area contributed by atoms with Crippen molar-refractivity contribution in [1.29, 1.82) is 0 Å². The summed E-state index contributed by atoms with van der Waals surface area (Å²) < 4.78 is 5.50. The molecule has 0 aromatic heterocycles. The van der Waals surface area contributed by atoms with E-state index in [2.05, 4.69) is 10.6 Å². The molecule has 2 amide bonds. The summed E-state index contributed by atoms with van der Waals surface area (Å²) in [5, 5.41) is 5.44. The van der Waals surface area contributed by atoms with Crippen LogP contribution in [0.2, 0.25) is 0 Å². The van der Waals surface area contributed by atoms with Gasteiger partial charge in [0.05, 0.1) is 0 Å². The van der Waals surface area contributed by atoms with Gasteiger partial charge in [-0.3, -0.25) is 9.59 Å². The van der Waals surface area contributed by atoms with E-state index in [4.69, 9.17) is 4.74 Å². The molecule has 0 atom stereocenters. The molecular formula is C18H20N2O3. The summed E-state index contributed by atoms with van der Waals surface area (Å²) in [6.07, 6.45) is 0. The van der Waals surface area contributed by atoms with E-state index < -0.39 is 0 Å². The lowest BCUT2D eigenvalue weighted by atomic mass is 10.2. The maximum Gasteiger partial charge on any atom is 0.262 e. The molecule has 5 heteroatoms. The van der Waals surface area contributed by atoms with Crippen molar-refractivity contribution < 1.29 is 14.3 Å². The quantitative estimate of drug-likeness (QED) is 0.862. The second-order valence-corrected chi connectivity index (χ2v) is 5.04. The lowest BCUT2D eigenvalue weighted by Crippen LogP contribution is -2.23. The molecule has 0 aliphatic rings. The van der Waals surface area contributed by atoms with Gasteiger partial charge in [-0.25, -0.2) is 0 Å². The third-order valence-electron chi connectivity index (χ3n) is 3.20. The summed E-state index contributed by atoms with van der Waals surface area (Å²) in [6.45, 7) is 4.24. The molecule has 0 saturated carbocycles. The zero-order valence-corrected chi connectivity index (χ0v) is 13.3. The topological polar surface area (TPSA) is 67.4 Å². The van der Waals surface area contributed by atoms with Crippen LogP contribution in [-0.4, -0.2) is 25.0 Å². The smallest absolute Gasteiger partial charge is 0.262 e. The molecule has 0 saturated heterocycles. The van der Waals surface area contributed by atoms with Gasteiger partial charge in [0.1, 0.15) is 5.75 Å². The molecule has 0 aliphatic heterocycles. The van der Waals surface area contributed by atoms with Crippen LogP contribution in [0.15, 0.2) is 48.5 Å². The fourth-order valence-electron chi connectivity index (χ4n) is 2.06. The number of amides is 2. The molecule has 0 radical (unpaired) electrons. The molecule has 5 nitrogen and oxygen atoms in total.